The van der Waals surface area contributed by atoms with Crippen LogP contribution >= 0.6 is 0 Å². The number of aliphatic hydroxyl groups is 1. The molecule has 90 valence electrons. The Labute approximate surface area is 96.6 Å². The predicted molar refractivity (Wildman–Crippen MR) is 62.5 cm³/mol. The summed E-state index contributed by atoms with van der Waals surface area (Å²) in [5.41, 5.74) is 0.706. The summed E-state index contributed by atoms with van der Waals surface area (Å²) in [6.45, 7) is 2.36. The van der Waals surface area contributed by atoms with Crippen LogP contribution in [0.3, 0.4) is 0 Å². The SMILES string of the molecule is CCCN(C)S(=O)(=O)c1ccc(CO)cc1. The van der Waals surface area contributed by atoms with Crippen molar-refractivity contribution >= 4 is 10.0 Å². The minimum atomic E-state index is -3.37. The molecule has 1 aromatic carbocycles. The molecule has 16 heavy (non-hydrogen) atoms. The third-order valence-electron chi connectivity index (χ3n) is 2.35. The molecule has 0 aliphatic heterocycles. The van der Waals surface area contributed by atoms with Crippen LogP contribution in [0, 0.1) is 0 Å². The molecular weight excluding hydrogens is 226 g/mol. The lowest BCUT2D eigenvalue weighted by Crippen LogP contribution is -2.27. The fourth-order valence-corrected chi connectivity index (χ4v) is 2.64. The summed E-state index contributed by atoms with van der Waals surface area (Å²) in [4.78, 5) is 0.264. The third-order valence-corrected chi connectivity index (χ3v) is 4.22. The molecule has 1 aromatic rings. The van der Waals surface area contributed by atoms with Gasteiger partial charge in [0.05, 0.1) is 11.5 Å². The molecule has 0 aromatic heterocycles. The van der Waals surface area contributed by atoms with Crippen molar-refractivity contribution in [3.63, 3.8) is 0 Å². The van der Waals surface area contributed by atoms with Crippen LogP contribution in [0.1, 0.15) is 18.9 Å². The van der Waals surface area contributed by atoms with Crippen molar-refractivity contribution in [2.75, 3.05) is 13.6 Å². The molecule has 0 heterocycles. The van der Waals surface area contributed by atoms with Gasteiger partial charge in [-0.3, -0.25) is 0 Å². The maximum absolute atomic E-state index is 12.0. The van der Waals surface area contributed by atoms with Gasteiger partial charge in [0.1, 0.15) is 0 Å². The lowest BCUT2D eigenvalue weighted by atomic mass is 10.2. The zero-order chi connectivity index (χ0) is 12.2. The summed E-state index contributed by atoms with van der Waals surface area (Å²) in [6, 6.07) is 6.28. The number of sulfonamides is 1. The Morgan fingerprint density at radius 3 is 2.25 bits per heavy atom. The van der Waals surface area contributed by atoms with Crippen molar-refractivity contribution in [1.82, 2.24) is 4.31 Å². The van der Waals surface area contributed by atoms with Crippen LogP contribution in [-0.4, -0.2) is 31.4 Å². The van der Waals surface area contributed by atoms with Gasteiger partial charge in [0.25, 0.3) is 0 Å². The van der Waals surface area contributed by atoms with Gasteiger partial charge in [-0.05, 0) is 24.1 Å². The molecule has 0 radical (unpaired) electrons. The van der Waals surface area contributed by atoms with Gasteiger partial charge in [0.15, 0.2) is 0 Å². The monoisotopic (exact) mass is 243 g/mol. The Bertz CT molecular complexity index is 425. The van der Waals surface area contributed by atoms with Gasteiger partial charge in [-0.25, -0.2) is 12.7 Å². The standard InChI is InChI=1S/C11H17NO3S/c1-3-8-12(2)16(14,15)11-6-4-10(9-13)5-7-11/h4-7,13H,3,8-9H2,1-2H3. The van der Waals surface area contributed by atoms with E-state index in [1.165, 1.54) is 16.4 Å². The normalized spacial score (nSPS) is 12.0. The maximum Gasteiger partial charge on any atom is 0.242 e. The molecule has 1 rings (SSSR count). The van der Waals surface area contributed by atoms with Gasteiger partial charge in [0, 0.05) is 13.6 Å². The number of nitrogens with zero attached hydrogens (tertiary/aromatic N) is 1. The molecular formula is C11H17NO3S. The van der Waals surface area contributed by atoms with Gasteiger partial charge in [-0.15, -0.1) is 0 Å². The minimum absolute atomic E-state index is 0.0782. The van der Waals surface area contributed by atoms with E-state index in [1.54, 1.807) is 19.2 Å². The van der Waals surface area contributed by atoms with Crippen molar-refractivity contribution in [2.45, 2.75) is 24.8 Å². The Kier molecular flexibility index (Phi) is 4.46. The molecule has 0 saturated heterocycles. The molecule has 0 amide bonds. The third kappa shape index (κ3) is 2.81. The Morgan fingerprint density at radius 2 is 1.81 bits per heavy atom. The smallest absolute Gasteiger partial charge is 0.242 e. The Morgan fingerprint density at radius 1 is 1.25 bits per heavy atom. The van der Waals surface area contributed by atoms with Crippen molar-refractivity contribution in [2.24, 2.45) is 0 Å². The highest BCUT2D eigenvalue weighted by Crippen LogP contribution is 2.15. The summed E-state index contributed by atoms with van der Waals surface area (Å²) in [6.07, 6.45) is 0.782. The minimum Gasteiger partial charge on any atom is -0.392 e. The molecule has 1 N–H and O–H groups in total. The largest absolute Gasteiger partial charge is 0.392 e. The topological polar surface area (TPSA) is 57.6 Å². The molecule has 5 heteroatoms. The average Bonchev–Trinajstić information content (AvgIpc) is 2.29. The van der Waals surface area contributed by atoms with E-state index in [-0.39, 0.29) is 11.5 Å². The van der Waals surface area contributed by atoms with Crippen LogP contribution in [0.2, 0.25) is 0 Å². The van der Waals surface area contributed by atoms with Crippen LogP contribution < -0.4 is 0 Å². The first-order chi connectivity index (χ1) is 7.52. The maximum atomic E-state index is 12.0. The number of hydrogen-bond acceptors (Lipinski definition) is 3. The molecule has 0 bridgehead atoms. The highest BCUT2D eigenvalue weighted by Gasteiger charge is 2.19. The summed E-state index contributed by atoms with van der Waals surface area (Å²) >= 11 is 0. The van der Waals surface area contributed by atoms with Gasteiger partial charge < -0.3 is 5.11 Å². The van der Waals surface area contributed by atoms with Crippen LogP contribution in [0.15, 0.2) is 29.2 Å². The fraction of sp³-hybridized carbons (Fsp3) is 0.455. The van der Waals surface area contributed by atoms with Crippen LogP contribution in [0.4, 0.5) is 0 Å². The zero-order valence-corrected chi connectivity index (χ0v) is 10.4. The molecule has 4 nitrogen and oxygen atoms in total. The Balaban J connectivity index is 2.98. The van der Waals surface area contributed by atoms with E-state index in [9.17, 15) is 8.42 Å². The number of rotatable bonds is 5. The summed E-state index contributed by atoms with van der Waals surface area (Å²) in [5, 5.41) is 8.86. The fourth-order valence-electron chi connectivity index (χ4n) is 1.38. The van der Waals surface area contributed by atoms with Crippen molar-refractivity contribution in [3.8, 4) is 0 Å². The molecule has 0 fully saturated rings. The van der Waals surface area contributed by atoms with Gasteiger partial charge in [0.2, 0.25) is 10.0 Å². The van der Waals surface area contributed by atoms with Crippen LogP contribution in [-0.2, 0) is 16.6 Å². The van der Waals surface area contributed by atoms with Gasteiger partial charge >= 0.3 is 0 Å². The number of aliphatic hydroxyl groups excluding tert-OH is 1. The van der Waals surface area contributed by atoms with E-state index in [4.69, 9.17) is 5.11 Å². The van der Waals surface area contributed by atoms with Crippen molar-refractivity contribution < 1.29 is 13.5 Å². The lowest BCUT2D eigenvalue weighted by molar-refractivity contribution is 0.281. The van der Waals surface area contributed by atoms with E-state index in [0.29, 0.717) is 12.1 Å². The molecule has 0 saturated carbocycles. The van der Waals surface area contributed by atoms with Crippen molar-refractivity contribution in [1.29, 1.82) is 0 Å². The average molecular weight is 243 g/mol. The number of benzene rings is 1. The number of hydrogen-bond donors (Lipinski definition) is 1. The molecule has 0 spiro atoms. The van der Waals surface area contributed by atoms with Crippen molar-refractivity contribution in [3.05, 3.63) is 29.8 Å². The highest BCUT2D eigenvalue weighted by atomic mass is 32.2. The summed E-state index contributed by atoms with van der Waals surface area (Å²) < 4.78 is 25.3. The van der Waals surface area contributed by atoms with E-state index < -0.39 is 10.0 Å². The first-order valence-electron chi connectivity index (χ1n) is 5.18. The molecule has 0 aliphatic carbocycles. The Hall–Kier alpha value is -0.910. The van der Waals surface area contributed by atoms with E-state index >= 15 is 0 Å². The summed E-state index contributed by atoms with van der Waals surface area (Å²) in [5.74, 6) is 0. The molecule has 0 atom stereocenters. The second-order valence-corrected chi connectivity index (χ2v) is 5.67. The van der Waals surface area contributed by atoms with Crippen LogP contribution in [0.5, 0.6) is 0 Å². The quantitative estimate of drug-likeness (QED) is 0.845. The first-order valence-corrected chi connectivity index (χ1v) is 6.62. The lowest BCUT2D eigenvalue weighted by Gasteiger charge is -2.16. The van der Waals surface area contributed by atoms with E-state index in [0.717, 1.165) is 6.42 Å². The van der Waals surface area contributed by atoms with E-state index in [2.05, 4.69) is 0 Å². The first kappa shape index (κ1) is 13.2. The summed E-state index contributed by atoms with van der Waals surface area (Å²) in [7, 11) is -1.81. The van der Waals surface area contributed by atoms with E-state index in [1.807, 2.05) is 6.92 Å². The second-order valence-electron chi connectivity index (χ2n) is 3.63. The van der Waals surface area contributed by atoms with Gasteiger partial charge in [-0.1, -0.05) is 19.1 Å². The predicted octanol–water partition coefficient (Wildman–Crippen LogP) is 1.21. The van der Waals surface area contributed by atoms with Gasteiger partial charge in [-0.2, -0.15) is 0 Å². The molecule has 0 aliphatic rings. The van der Waals surface area contributed by atoms with Crippen LogP contribution in [0.25, 0.3) is 0 Å². The zero-order valence-electron chi connectivity index (χ0n) is 9.55. The highest BCUT2D eigenvalue weighted by molar-refractivity contribution is 7.89. The molecule has 0 unspecified atom stereocenters. The second kappa shape index (κ2) is 5.43.